The maximum atomic E-state index is 12.6. The Balaban J connectivity index is 1.46. The van der Waals surface area contributed by atoms with Crippen molar-refractivity contribution in [2.45, 2.75) is 18.2 Å². The van der Waals surface area contributed by atoms with Crippen LogP contribution in [-0.4, -0.2) is 26.4 Å². The SMILES string of the molecule is CCc1cccc2sc(NC(=O)c3ccc(NS(=O)(=O)c4ccc(OC)cc4)cc3)nc12. The Morgan fingerprint density at radius 1 is 1.03 bits per heavy atom. The Labute approximate surface area is 190 Å². The standard InChI is InChI=1S/C23H21N3O4S2/c1-3-15-5-4-6-20-21(15)24-23(31-20)25-22(27)16-7-9-17(10-8-16)26-32(28,29)19-13-11-18(30-2)12-14-19/h4-14,26H,3H2,1-2H3,(H,24,25,27). The monoisotopic (exact) mass is 467 g/mol. The summed E-state index contributed by atoms with van der Waals surface area (Å²) in [6.07, 6.45) is 0.863. The summed E-state index contributed by atoms with van der Waals surface area (Å²) in [5.74, 6) is 0.255. The lowest BCUT2D eigenvalue weighted by atomic mass is 10.1. The van der Waals surface area contributed by atoms with Gasteiger partial charge in [-0.2, -0.15) is 0 Å². The van der Waals surface area contributed by atoms with Gasteiger partial charge in [-0.05, 0) is 66.6 Å². The first-order chi connectivity index (χ1) is 15.4. The number of nitrogens with zero attached hydrogens (tertiary/aromatic N) is 1. The molecule has 0 saturated heterocycles. The van der Waals surface area contributed by atoms with Crippen molar-refractivity contribution in [3.8, 4) is 5.75 Å². The highest BCUT2D eigenvalue weighted by Crippen LogP contribution is 2.29. The second-order valence-electron chi connectivity index (χ2n) is 6.95. The Kier molecular flexibility index (Phi) is 6.11. The zero-order valence-corrected chi connectivity index (χ0v) is 19.1. The minimum absolute atomic E-state index is 0.113. The second-order valence-corrected chi connectivity index (χ2v) is 9.66. The largest absolute Gasteiger partial charge is 0.497 e. The molecule has 2 N–H and O–H groups in total. The Morgan fingerprint density at radius 2 is 1.75 bits per heavy atom. The lowest BCUT2D eigenvalue weighted by Crippen LogP contribution is -2.14. The molecule has 0 spiro atoms. The van der Waals surface area contributed by atoms with Gasteiger partial charge in [0.1, 0.15) is 5.75 Å². The molecule has 1 heterocycles. The number of benzene rings is 3. The number of aryl methyl sites for hydroxylation is 1. The normalized spacial score (nSPS) is 11.3. The maximum absolute atomic E-state index is 12.6. The topological polar surface area (TPSA) is 97.4 Å². The molecule has 0 aliphatic rings. The first-order valence-electron chi connectivity index (χ1n) is 9.86. The number of amides is 1. The number of fused-ring (bicyclic) bond motifs is 1. The maximum Gasteiger partial charge on any atom is 0.261 e. The van der Waals surface area contributed by atoms with Gasteiger partial charge in [-0.3, -0.25) is 14.8 Å². The summed E-state index contributed by atoms with van der Waals surface area (Å²) in [5.41, 5.74) is 2.78. The lowest BCUT2D eigenvalue weighted by molar-refractivity contribution is 0.102. The highest BCUT2D eigenvalue weighted by Gasteiger charge is 2.15. The molecule has 1 amide bonds. The minimum atomic E-state index is -3.76. The van der Waals surface area contributed by atoms with E-state index in [1.54, 1.807) is 36.4 Å². The number of hydrogen-bond donors (Lipinski definition) is 2. The molecule has 0 bridgehead atoms. The molecule has 32 heavy (non-hydrogen) atoms. The molecule has 0 aliphatic heterocycles. The van der Waals surface area contributed by atoms with Crippen LogP contribution >= 0.6 is 11.3 Å². The molecule has 0 atom stereocenters. The Bertz CT molecular complexity index is 1360. The van der Waals surface area contributed by atoms with E-state index in [9.17, 15) is 13.2 Å². The van der Waals surface area contributed by atoms with Crippen LogP contribution in [0.3, 0.4) is 0 Å². The van der Waals surface area contributed by atoms with Gasteiger partial charge < -0.3 is 4.74 Å². The first-order valence-corrected chi connectivity index (χ1v) is 12.2. The van der Waals surface area contributed by atoms with Crippen molar-refractivity contribution in [2.75, 3.05) is 17.1 Å². The van der Waals surface area contributed by atoms with Crippen LogP contribution in [0.1, 0.15) is 22.8 Å². The number of ether oxygens (including phenoxy) is 1. The average molecular weight is 468 g/mol. The van der Waals surface area contributed by atoms with Crippen LogP contribution in [0.2, 0.25) is 0 Å². The van der Waals surface area contributed by atoms with Crippen LogP contribution in [0, 0.1) is 0 Å². The number of anilines is 2. The van der Waals surface area contributed by atoms with Crippen LogP contribution in [0.25, 0.3) is 10.2 Å². The van der Waals surface area contributed by atoms with E-state index in [4.69, 9.17) is 4.74 Å². The number of carbonyl (C=O) groups is 1. The number of aromatic nitrogens is 1. The van der Waals surface area contributed by atoms with Crippen molar-refractivity contribution in [3.63, 3.8) is 0 Å². The summed E-state index contributed by atoms with van der Waals surface area (Å²) in [4.78, 5) is 17.3. The van der Waals surface area contributed by atoms with Crippen molar-refractivity contribution in [3.05, 3.63) is 77.9 Å². The van der Waals surface area contributed by atoms with Gasteiger partial charge in [-0.25, -0.2) is 13.4 Å². The van der Waals surface area contributed by atoms with Gasteiger partial charge in [-0.15, -0.1) is 0 Å². The molecule has 0 saturated carbocycles. The van der Waals surface area contributed by atoms with Crippen LogP contribution in [0.5, 0.6) is 5.75 Å². The molecule has 1 aromatic heterocycles. The number of nitrogens with one attached hydrogen (secondary N) is 2. The van der Waals surface area contributed by atoms with E-state index >= 15 is 0 Å². The molecular weight excluding hydrogens is 446 g/mol. The average Bonchev–Trinajstić information content (AvgIpc) is 3.21. The third-order valence-electron chi connectivity index (χ3n) is 4.87. The van der Waals surface area contributed by atoms with Crippen molar-refractivity contribution in [1.82, 2.24) is 4.98 Å². The molecule has 0 aliphatic carbocycles. The van der Waals surface area contributed by atoms with Gasteiger partial charge in [0, 0.05) is 11.3 Å². The summed E-state index contributed by atoms with van der Waals surface area (Å²) < 4.78 is 33.7. The van der Waals surface area contributed by atoms with E-state index < -0.39 is 10.0 Å². The molecule has 4 rings (SSSR count). The van der Waals surface area contributed by atoms with E-state index in [1.807, 2.05) is 18.2 Å². The van der Waals surface area contributed by atoms with E-state index in [0.717, 1.165) is 22.2 Å². The molecule has 0 unspecified atom stereocenters. The number of sulfonamides is 1. The lowest BCUT2D eigenvalue weighted by Gasteiger charge is -2.09. The molecular formula is C23H21N3O4S2. The predicted octanol–water partition coefficient (Wildman–Crippen LogP) is 4.92. The number of hydrogen-bond acceptors (Lipinski definition) is 6. The highest BCUT2D eigenvalue weighted by molar-refractivity contribution is 7.92. The van der Waals surface area contributed by atoms with E-state index in [0.29, 0.717) is 22.1 Å². The molecule has 7 nitrogen and oxygen atoms in total. The number of thiazole rings is 1. The summed E-state index contributed by atoms with van der Waals surface area (Å²) in [7, 11) is -2.24. The number of methoxy groups -OCH3 is 1. The van der Waals surface area contributed by atoms with Gasteiger partial charge >= 0.3 is 0 Å². The molecule has 0 radical (unpaired) electrons. The van der Waals surface area contributed by atoms with E-state index in [-0.39, 0.29) is 10.8 Å². The van der Waals surface area contributed by atoms with Gasteiger partial charge in [0.2, 0.25) is 0 Å². The van der Waals surface area contributed by atoms with Crippen molar-refractivity contribution >= 4 is 48.3 Å². The van der Waals surface area contributed by atoms with Crippen LogP contribution < -0.4 is 14.8 Å². The molecule has 3 aromatic carbocycles. The highest BCUT2D eigenvalue weighted by atomic mass is 32.2. The predicted molar refractivity (Wildman–Crippen MR) is 127 cm³/mol. The van der Waals surface area contributed by atoms with Crippen LogP contribution in [0.4, 0.5) is 10.8 Å². The Hall–Kier alpha value is -3.43. The molecule has 0 fully saturated rings. The van der Waals surface area contributed by atoms with E-state index in [2.05, 4.69) is 21.9 Å². The molecule has 9 heteroatoms. The van der Waals surface area contributed by atoms with Gasteiger partial charge in [-0.1, -0.05) is 30.4 Å². The second kappa shape index (κ2) is 8.97. The quantitative estimate of drug-likeness (QED) is 0.402. The first kappa shape index (κ1) is 21.8. The zero-order chi connectivity index (χ0) is 22.7. The fourth-order valence-corrected chi connectivity index (χ4v) is 5.14. The number of para-hydroxylation sites is 1. The summed E-state index contributed by atoms with van der Waals surface area (Å²) in [6, 6.07) is 18.3. The van der Waals surface area contributed by atoms with Crippen molar-refractivity contribution in [2.24, 2.45) is 0 Å². The van der Waals surface area contributed by atoms with Crippen molar-refractivity contribution in [1.29, 1.82) is 0 Å². The molecule has 4 aromatic rings. The van der Waals surface area contributed by atoms with Gasteiger partial charge in [0.25, 0.3) is 15.9 Å². The smallest absolute Gasteiger partial charge is 0.261 e. The summed E-state index contributed by atoms with van der Waals surface area (Å²) in [6.45, 7) is 2.07. The van der Waals surface area contributed by atoms with Crippen LogP contribution in [-0.2, 0) is 16.4 Å². The zero-order valence-electron chi connectivity index (χ0n) is 17.5. The fraction of sp³-hybridized carbons (Fsp3) is 0.130. The number of rotatable bonds is 7. The van der Waals surface area contributed by atoms with Crippen molar-refractivity contribution < 1.29 is 17.9 Å². The number of carbonyl (C=O) groups excluding carboxylic acids is 1. The van der Waals surface area contributed by atoms with Gasteiger partial charge in [0.15, 0.2) is 5.13 Å². The van der Waals surface area contributed by atoms with E-state index in [1.165, 1.54) is 30.6 Å². The summed E-state index contributed by atoms with van der Waals surface area (Å²) in [5, 5.41) is 3.34. The Morgan fingerprint density at radius 3 is 2.41 bits per heavy atom. The fourth-order valence-electron chi connectivity index (χ4n) is 3.17. The summed E-state index contributed by atoms with van der Waals surface area (Å²) >= 11 is 1.42. The third kappa shape index (κ3) is 4.58. The van der Waals surface area contributed by atoms with Crippen LogP contribution in [0.15, 0.2) is 71.6 Å². The minimum Gasteiger partial charge on any atom is -0.497 e. The molecule has 164 valence electrons. The van der Waals surface area contributed by atoms with Gasteiger partial charge in [0.05, 0.1) is 22.2 Å². The third-order valence-corrected chi connectivity index (χ3v) is 7.21.